The number of Topliss-reactive ketones (excluding diaryl/α,β-unsaturated/α-hetero) is 1. The third-order valence-corrected chi connectivity index (χ3v) is 4.19. The SMILES string of the molecule is CCC(=O)C(c1ccccc1)(c1ccc(Cl)cc1)n1cncn1. The highest BCUT2D eigenvalue weighted by Gasteiger charge is 2.43. The molecule has 0 spiro atoms. The Hall–Kier alpha value is -2.46. The van der Waals surface area contributed by atoms with Gasteiger partial charge in [-0.2, -0.15) is 5.10 Å². The molecule has 0 N–H and O–H groups in total. The van der Waals surface area contributed by atoms with Gasteiger partial charge in [-0.05, 0) is 23.3 Å². The van der Waals surface area contributed by atoms with Crippen molar-refractivity contribution in [1.82, 2.24) is 14.8 Å². The third kappa shape index (κ3) is 2.55. The predicted molar refractivity (Wildman–Crippen MR) is 89.4 cm³/mol. The third-order valence-electron chi connectivity index (χ3n) is 3.94. The highest BCUT2D eigenvalue weighted by atomic mass is 35.5. The van der Waals surface area contributed by atoms with Gasteiger partial charge in [0.25, 0.3) is 0 Å². The van der Waals surface area contributed by atoms with Crippen LogP contribution in [0.5, 0.6) is 0 Å². The molecule has 1 aromatic heterocycles. The van der Waals surface area contributed by atoms with Crippen LogP contribution >= 0.6 is 11.6 Å². The first-order chi connectivity index (χ1) is 11.2. The second-order valence-electron chi connectivity index (χ2n) is 5.20. The molecule has 0 saturated carbocycles. The molecular formula is C18H16ClN3O. The van der Waals surface area contributed by atoms with Crippen molar-refractivity contribution >= 4 is 17.4 Å². The minimum absolute atomic E-state index is 0.0384. The Morgan fingerprint density at radius 1 is 1.09 bits per heavy atom. The summed E-state index contributed by atoms with van der Waals surface area (Å²) in [4.78, 5) is 17.1. The molecule has 0 fully saturated rings. The van der Waals surface area contributed by atoms with Crippen LogP contribution in [0.25, 0.3) is 0 Å². The fourth-order valence-corrected chi connectivity index (χ4v) is 3.01. The summed E-state index contributed by atoms with van der Waals surface area (Å²) in [5.74, 6) is 0.0384. The number of halogens is 1. The summed E-state index contributed by atoms with van der Waals surface area (Å²) in [5.41, 5.74) is 0.613. The summed E-state index contributed by atoms with van der Waals surface area (Å²) in [6.07, 6.45) is 3.39. The molecule has 0 saturated heterocycles. The van der Waals surface area contributed by atoms with Crippen LogP contribution in [0.1, 0.15) is 24.5 Å². The lowest BCUT2D eigenvalue weighted by Crippen LogP contribution is -2.44. The van der Waals surface area contributed by atoms with E-state index in [4.69, 9.17) is 11.6 Å². The number of nitrogens with zero attached hydrogens (tertiary/aromatic N) is 3. The zero-order valence-corrected chi connectivity index (χ0v) is 13.4. The van der Waals surface area contributed by atoms with E-state index in [9.17, 15) is 4.79 Å². The number of benzene rings is 2. The first kappa shape index (κ1) is 15.4. The molecule has 1 unspecified atom stereocenters. The van der Waals surface area contributed by atoms with Gasteiger partial charge in [0, 0.05) is 11.4 Å². The number of rotatable bonds is 5. The molecule has 4 nitrogen and oxygen atoms in total. The van der Waals surface area contributed by atoms with Gasteiger partial charge >= 0.3 is 0 Å². The van der Waals surface area contributed by atoms with Crippen molar-refractivity contribution in [3.05, 3.63) is 83.4 Å². The molecule has 2 aromatic carbocycles. The van der Waals surface area contributed by atoms with Crippen molar-refractivity contribution in [2.24, 2.45) is 0 Å². The van der Waals surface area contributed by atoms with Gasteiger partial charge in [-0.25, -0.2) is 9.67 Å². The maximum absolute atomic E-state index is 13.1. The molecule has 5 heteroatoms. The number of carbonyl (C=O) groups excluding carboxylic acids is 1. The first-order valence-corrected chi connectivity index (χ1v) is 7.77. The molecule has 1 heterocycles. The molecule has 0 aliphatic carbocycles. The van der Waals surface area contributed by atoms with Gasteiger partial charge in [0.2, 0.25) is 0 Å². The van der Waals surface area contributed by atoms with E-state index in [0.29, 0.717) is 11.4 Å². The lowest BCUT2D eigenvalue weighted by molar-refractivity contribution is -0.124. The van der Waals surface area contributed by atoms with Crippen LogP contribution in [0.2, 0.25) is 5.02 Å². The topological polar surface area (TPSA) is 47.8 Å². The molecular weight excluding hydrogens is 310 g/mol. The highest BCUT2D eigenvalue weighted by molar-refractivity contribution is 6.30. The van der Waals surface area contributed by atoms with Crippen LogP contribution in [0, 0.1) is 0 Å². The number of carbonyl (C=O) groups is 1. The maximum Gasteiger partial charge on any atom is 0.172 e. The lowest BCUT2D eigenvalue weighted by atomic mass is 9.78. The van der Waals surface area contributed by atoms with E-state index in [-0.39, 0.29) is 5.78 Å². The normalized spacial score (nSPS) is 13.5. The van der Waals surface area contributed by atoms with Gasteiger partial charge in [0.15, 0.2) is 11.3 Å². The molecule has 3 aromatic rings. The molecule has 23 heavy (non-hydrogen) atoms. The monoisotopic (exact) mass is 325 g/mol. The minimum Gasteiger partial charge on any atom is -0.296 e. The van der Waals surface area contributed by atoms with Gasteiger partial charge in [-0.3, -0.25) is 4.79 Å². The van der Waals surface area contributed by atoms with E-state index in [1.165, 1.54) is 6.33 Å². The maximum atomic E-state index is 13.1. The summed E-state index contributed by atoms with van der Waals surface area (Å²) < 4.78 is 1.62. The summed E-state index contributed by atoms with van der Waals surface area (Å²) in [6.45, 7) is 1.85. The van der Waals surface area contributed by atoms with Crippen molar-refractivity contribution in [1.29, 1.82) is 0 Å². The number of aromatic nitrogens is 3. The Morgan fingerprint density at radius 3 is 2.30 bits per heavy atom. The van der Waals surface area contributed by atoms with Crippen LogP contribution < -0.4 is 0 Å². The van der Waals surface area contributed by atoms with E-state index >= 15 is 0 Å². The van der Waals surface area contributed by atoms with Gasteiger partial charge < -0.3 is 0 Å². The summed E-state index contributed by atoms with van der Waals surface area (Å²) in [5, 5.41) is 4.91. The largest absolute Gasteiger partial charge is 0.296 e. The van der Waals surface area contributed by atoms with Crippen LogP contribution in [0.4, 0.5) is 0 Å². The molecule has 0 aliphatic rings. The average Bonchev–Trinajstić information content (AvgIpc) is 3.12. The van der Waals surface area contributed by atoms with Crippen molar-refractivity contribution in [3.63, 3.8) is 0 Å². The lowest BCUT2D eigenvalue weighted by Gasteiger charge is -2.33. The zero-order valence-electron chi connectivity index (χ0n) is 12.7. The van der Waals surface area contributed by atoms with Crippen molar-refractivity contribution < 1.29 is 4.79 Å². The van der Waals surface area contributed by atoms with Gasteiger partial charge in [-0.15, -0.1) is 0 Å². The molecule has 0 radical (unpaired) electrons. The fourth-order valence-electron chi connectivity index (χ4n) is 2.89. The van der Waals surface area contributed by atoms with Gasteiger partial charge in [0.05, 0.1) is 0 Å². The summed E-state index contributed by atoms with van der Waals surface area (Å²) in [6, 6.07) is 16.9. The molecule has 1 atom stereocenters. The van der Waals surface area contributed by atoms with Crippen LogP contribution in [-0.2, 0) is 10.3 Å². The second-order valence-corrected chi connectivity index (χ2v) is 5.64. The smallest absolute Gasteiger partial charge is 0.172 e. The van der Waals surface area contributed by atoms with E-state index in [2.05, 4.69) is 10.1 Å². The zero-order chi connectivity index (χ0) is 16.3. The Bertz CT molecular complexity index is 785. The van der Waals surface area contributed by atoms with Crippen molar-refractivity contribution in [2.75, 3.05) is 0 Å². The first-order valence-electron chi connectivity index (χ1n) is 7.39. The van der Waals surface area contributed by atoms with Crippen LogP contribution in [-0.4, -0.2) is 20.5 Å². The number of hydrogen-bond donors (Lipinski definition) is 0. The Morgan fingerprint density at radius 2 is 1.74 bits per heavy atom. The Balaban J connectivity index is 2.35. The molecule has 0 aliphatic heterocycles. The summed E-state index contributed by atoms with van der Waals surface area (Å²) in [7, 11) is 0. The molecule has 3 rings (SSSR count). The summed E-state index contributed by atoms with van der Waals surface area (Å²) >= 11 is 6.03. The Kier molecular flexibility index (Phi) is 4.26. The number of hydrogen-bond acceptors (Lipinski definition) is 3. The van der Waals surface area contributed by atoms with Gasteiger partial charge in [0.1, 0.15) is 12.7 Å². The van der Waals surface area contributed by atoms with Gasteiger partial charge in [-0.1, -0.05) is 61.0 Å². The van der Waals surface area contributed by atoms with Crippen LogP contribution in [0.15, 0.2) is 67.3 Å². The fraction of sp³-hybridized carbons (Fsp3) is 0.167. The number of ketones is 1. The minimum atomic E-state index is -1.04. The predicted octanol–water partition coefficient (Wildman–Crippen LogP) is 3.70. The van der Waals surface area contributed by atoms with E-state index < -0.39 is 5.54 Å². The van der Waals surface area contributed by atoms with Crippen LogP contribution in [0.3, 0.4) is 0 Å². The van der Waals surface area contributed by atoms with E-state index in [0.717, 1.165) is 11.1 Å². The molecule has 0 amide bonds. The molecule has 0 bridgehead atoms. The van der Waals surface area contributed by atoms with E-state index in [1.54, 1.807) is 23.1 Å². The quantitative estimate of drug-likeness (QED) is 0.718. The standard InChI is InChI=1S/C18H16ClN3O/c1-2-17(23)18(22-13-20-12-21-22,14-6-4-3-5-7-14)15-8-10-16(19)11-9-15/h3-13H,2H2,1H3. The Labute approximate surface area is 139 Å². The highest BCUT2D eigenvalue weighted by Crippen LogP contribution is 2.36. The van der Waals surface area contributed by atoms with Crippen molar-refractivity contribution in [3.8, 4) is 0 Å². The average molecular weight is 326 g/mol. The van der Waals surface area contributed by atoms with Crippen molar-refractivity contribution in [2.45, 2.75) is 18.9 Å². The second kappa shape index (κ2) is 6.34. The van der Waals surface area contributed by atoms with E-state index in [1.807, 2.05) is 49.4 Å². The molecule has 116 valence electrons.